The molecule has 31 heavy (non-hydrogen) atoms. The number of likely N-dealkylation sites (N-methyl/N-ethyl adjacent to an activating group) is 1. The van der Waals surface area contributed by atoms with Gasteiger partial charge in [0.25, 0.3) is 0 Å². The number of hydrogen-bond acceptors (Lipinski definition) is 4. The van der Waals surface area contributed by atoms with Crippen molar-refractivity contribution in [3.63, 3.8) is 0 Å². The Balaban J connectivity index is 1.43. The summed E-state index contributed by atoms with van der Waals surface area (Å²) in [4.78, 5) is 20.0. The molecule has 1 amide bonds. The SMILES string of the molecule is CN1CCN(c2ccccc2C[C@H]2CCN(c3ccc(CC(C)(C)O)cc3)C2=O)CC1. The number of para-hydroxylation sites is 1. The van der Waals surface area contributed by atoms with E-state index < -0.39 is 5.60 Å². The van der Waals surface area contributed by atoms with E-state index >= 15 is 0 Å². The second kappa shape index (κ2) is 9.01. The lowest BCUT2D eigenvalue weighted by molar-refractivity contribution is -0.120. The summed E-state index contributed by atoms with van der Waals surface area (Å²) in [5.41, 5.74) is 3.89. The highest BCUT2D eigenvalue weighted by atomic mass is 16.3. The fraction of sp³-hybridized carbons (Fsp3) is 0.500. The minimum absolute atomic E-state index is 0.0321. The molecule has 0 unspecified atom stereocenters. The first-order chi connectivity index (χ1) is 14.8. The zero-order valence-electron chi connectivity index (χ0n) is 19.1. The molecule has 2 aromatic rings. The highest BCUT2D eigenvalue weighted by molar-refractivity contribution is 5.97. The molecule has 2 heterocycles. The van der Waals surface area contributed by atoms with Crippen molar-refractivity contribution >= 4 is 17.3 Å². The van der Waals surface area contributed by atoms with Gasteiger partial charge in [0.1, 0.15) is 0 Å². The van der Waals surface area contributed by atoms with Crippen molar-refractivity contribution in [1.82, 2.24) is 4.90 Å². The van der Waals surface area contributed by atoms with Crippen molar-refractivity contribution in [2.24, 2.45) is 5.92 Å². The molecule has 5 heteroatoms. The van der Waals surface area contributed by atoms with Gasteiger partial charge in [0.15, 0.2) is 0 Å². The van der Waals surface area contributed by atoms with Gasteiger partial charge in [-0.05, 0) is 63.1 Å². The van der Waals surface area contributed by atoms with E-state index in [1.54, 1.807) is 0 Å². The molecule has 2 fully saturated rings. The van der Waals surface area contributed by atoms with Crippen LogP contribution in [0.25, 0.3) is 0 Å². The number of piperazine rings is 1. The lowest BCUT2D eigenvalue weighted by atomic mass is 9.96. The van der Waals surface area contributed by atoms with Crippen LogP contribution in [-0.2, 0) is 17.6 Å². The summed E-state index contributed by atoms with van der Waals surface area (Å²) in [5.74, 6) is 0.257. The third-order valence-electron chi connectivity index (χ3n) is 6.50. The van der Waals surface area contributed by atoms with Crippen LogP contribution in [0.3, 0.4) is 0 Å². The number of nitrogens with zero attached hydrogens (tertiary/aromatic N) is 3. The molecule has 0 aliphatic carbocycles. The molecule has 1 atom stereocenters. The van der Waals surface area contributed by atoms with E-state index in [9.17, 15) is 9.90 Å². The fourth-order valence-electron chi connectivity index (χ4n) is 4.78. The normalized spacial score (nSPS) is 20.5. The summed E-state index contributed by atoms with van der Waals surface area (Å²) in [5, 5.41) is 10.0. The third-order valence-corrected chi connectivity index (χ3v) is 6.50. The van der Waals surface area contributed by atoms with Crippen molar-refractivity contribution in [3.8, 4) is 0 Å². The Morgan fingerprint density at radius 1 is 0.968 bits per heavy atom. The highest BCUT2D eigenvalue weighted by Crippen LogP contribution is 2.31. The van der Waals surface area contributed by atoms with Crippen molar-refractivity contribution in [1.29, 1.82) is 0 Å². The molecule has 2 aromatic carbocycles. The van der Waals surface area contributed by atoms with Crippen LogP contribution in [0, 0.1) is 5.92 Å². The lowest BCUT2D eigenvalue weighted by Gasteiger charge is -2.35. The van der Waals surface area contributed by atoms with Gasteiger partial charge in [0.2, 0.25) is 5.91 Å². The van der Waals surface area contributed by atoms with E-state index in [0.29, 0.717) is 6.42 Å². The van der Waals surface area contributed by atoms with Crippen molar-refractivity contribution < 1.29 is 9.90 Å². The molecule has 4 rings (SSSR count). The van der Waals surface area contributed by atoms with Gasteiger partial charge in [-0.25, -0.2) is 0 Å². The van der Waals surface area contributed by atoms with Crippen LogP contribution >= 0.6 is 0 Å². The largest absolute Gasteiger partial charge is 0.390 e. The molecule has 5 nitrogen and oxygen atoms in total. The van der Waals surface area contributed by atoms with Crippen molar-refractivity contribution in [2.75, 3.05) is 49.6 Å². The number of carbonyl (C=O) groups excluding carboxylic acids is 1. The second-order valence-electron chi connectivity index (χ2n) is 9.75. The zero-order chi connectivity index (χ0) is 22.0. The standard InChI is InChI=1S/C26H35N3O2/c1-26(2,31)19-20-8-10-23(11-9-20)29-13-12-22(25(29)30)18-21-6-4-5-7-24(21)28-16-14-27(3)15-17-28/h4-11,22,31H,12-19H2,1-3H3/t22-/m1/s1. The molecule has 2 saturated heterocycles. The summed E-state index contributed by atoms with van der Waals surface area (Å²) in [6.45, 7) is 8.63. The van der Waals surface area contributed by atoms with E-state index in [1.807, 2.05) is 43.0 Å². The highest BCUT2D eigenvalue weighted by Gasteiger charge is 2.33. The minimum Gasteiger partial charge on any atom is -0.390 e. The van der Waals surface area contributed by atoms with Crippen molar-refractivity contribution in [2.45, 2.75) is 38.7 Å². The van der Waals surface area contributed by atoms with Gasteiger partial charge in [0.05, 0.1) is 5.60 Å². The van der Waals surface area contributed by atoms with Gasteiger partial charge in [-0.15, -0.1) is 0 Å². The molecule has 0 bridgehead atoms. The Bertz CT molecular complexity index is 896. The summed E-state index contributed by atoms with van der Waals surface area (Å²) in [6.07, 6.45) is 2.29. The van der Waals surface area contributed by atoms with Crippen LogP contribution in [0.2, 0.25) is 0 Å². The third kappa shape index (κ3) is 5.28. The number of aliphatic hydroxyl groups is 1. The average Bonchev–Trinajstić information content (AvgIpc) is 3.09. The first-order valence-corrected chi connectivity index (χ1v) is 11.4. The maximum absolute atomic E-state index is 13.2. The van der Waals surface area contributed by atoms with Crippen LogP contribution in [0.15, 0.2) is 48.5 Å². The predicted octanol–water partition coefficient (Wildman–Crippen LogP) is 3.35. The topological polar surface area (TPSA) is 47.0 Å². The Labute approximate surface area is 186 Å². The van der Waals surface area contributed by atoms with Gasteiger partial charge >= 0.3 is 0 Å². The van der Waals surface area contributed by atoms with Crippen LogP contribution in [0.5, 0.6) is 0 Å². The monoisotopic (exact) mass is 421 g/mol. The van der Waals surface area contributed by atoms with E-state index in [1.165, 1.54) is 11.3 Å². The van der Waals surface area contributed by atoms with Gasteiger partial charge in [-0.2, -0.15) is 0 Å². The van der Waals surface area contributed by atoms with Crippen LogP contribution < -0.4 is 9.80 Å². The quantitative estimate of drug-likeness (QED) is 0.777. The van der Waals surface area contributed by atoms with Gasteiger partial charge < -0.3 is 19.8 Å². The van der Waals surface area contributed by atoms with E-state index in [-0.39, 0.29) is 11.8 Å². The van der Waals surface area contributed by atoms with E-state index in [0.717, 1.165) is 56.8 Å². The van der Waals surface area contributed by atoms with Crippen molar-refractivity contribution in [3.05, 3.63) is 59.7 Å². The molecular formula is C26H35N3O2. The number of carbonyl (C=O) groups is 1. The Hall–Kier alpha value is -2.37. The molecule has 0 saturated carbocycles. The van der Waals surface area contributed by atoms with Gasteiger partial charge in [-0.3, -0.25) is 4.79 Å². The molecule has 0 aromatic heterocycles. The average molecular weight is 422 g/mol. The maximum Gasteiger partial charge on any atom is 0.230 e. The smallest absolute Gasteiger partial charge is 0.230 e. The zero-order valence-corrected chi connectivity index (χ0v) is 19.1. The Kier molecular flexibility index (Phi) is 6.35. The predicted molar refractivity (Wildman–Crippen MR) is 127 cm³/mol. The van der Waals surface area contributed by atoms with Crippen LogP contribution in [0.1, 0.15) is 31.4 Å². The van der Waals surface area contributed by atoms with Gasteiger partial charge in [-0.1, -0.05) is 30.3 Å². The minimum atomic E-state index is -0.729. The summed E-state index contributed by atoms with van der Waals surface area (Å²) in [6, 6.07) is 16.7. The Morgan fingerprint density at radius 2 is 1.65 bits per heavy atom. The number of anilines is 2. The number of hydrogen-bond donors (Lipinski definition) is 1. The van der Waals surface area contributed by atoms with Gasteiger partial charge in [0, 0.05) is 56.4 Å². The summed E-state index contributed by atoms with van der Waals surface area (Å²) >= 11 is 0. The number of rotatable bonds is 6. The Morgan fingerprint density at radius 3 is 2.32 bits per heavy atom. The first kappa shape index (κ1) is 21.8. The summed E-state index contributed by atoms with van der Waals surface area (Å²) < 4.78 is 0. The molecule has 2 aliphatic heterocycles. The van der Waals surface area contributed by atoms with Crippen LogP contribution in [0.4, 0.5) is 11.4 Å². The molecule has 0 spiro atoms. The molecular weight excluding hydrogens is 386 g/mol. The van der Waals surface area contributed by atoms with E-state index in [4.69, 9.17) is 0 Å². The first-order valence-electron chi connectivity index (χ1n) is 11.4. The number of amides is 1. The fourth-order valence-corrected chi connectivity index (χ4v) is 4.78. The lowest BCUT2D eigenvalue weighted by Crippen LogP contribution is -2.44. The number of benzene rings is 2. The van der Waals surface area contributed by atoms with E-state index in [2.05, 4.69) is 41.1 Å². The molecule has 1 N–H and O–H groups in total. The molecule has 0 radical (unpaired) electrons. The molecule has 2 aliphatic rings. The second-order valence-corrected chi connectivity index (χ2v) is 9.75. The maximum atomic E-state index is 13.2. The summed E-state index contributed by atoms with van der Waals surface area (Å²) in [7, 11) is 2.17. The molecule has 166 valence electrons. The van der Waals surface area contributed by atoms with Crippen LogP contribution in [-0.4, -0.2) is 61.3 Å².